The topological polar surface area (TPSA) is 71.1 Å². The van der Waals surface area contributed by atoms with Gasteiger partial charge in [0.2, 0.25) is 5.78 Å². The zero-order valence-electron chi connectivity index (χ0n) is 11.5. The first-order valence-electron chi connectivity index (χ1n) is 6.88. The highest BCUT2D eigenvalue weighted by atomic mass is 35.5. The largest absolute Gasteiger partial charge is 0.461 e. The van der Waals surface area contributed by atoms with Crippen LogP contribution in [0.2, 0.25) is 5.02 Å². The zero-order valence-corrected chi connectivity index (χ0v) is 12.3. The maximum absolute atomic E-state index is 12.4. The third kappa shape index (κ3) is 2.68. The Labute approximate surface area is 132 Å². The Morgan fingerprint density at radius 1 is 1.32 bits per heavy atom. The third-order valence-electron chi connectivity index (χ3n) is 3.87. The number of nitriles is 1. The van der Waals surface area contributed by atoms with Crippen molar-refractivity contribution in [2.45, 2.75) is 12.3 Å². The number of carbonyl (C=O) groups is 2. The van der Waals surface area contributed by atoms with Crippen LogP contribution in [0.25, 0.3) is 0 Å². The van der Waals surface area contributed by atoms with Crippen molar-refractivity contribution in [1.29, 1.82) is 5.26 Å². The average Bonchev–Trinajstić information content (AvgIpc) is 3.13. The van der Waals surface area contributed by atoms with Gasteiger partial charge in [0, 0.05) is 10.9 Å². The van der Waals surface area contributed by atoms with Gasteiger partial charge in [-0.25, -0.2) is 0 Å². The number of carbonyl (C=O) groups excluding carboxylic acids is 2. The van der Waals surface area contributed by atoms with Crippen LogP contribution in [0.15, 0.2) is 47.1 Å². The second-order valence-electron chi connectivity index (χ2n) is 5.31. The van der Waals surface area contributed by atoms with E-state index in [9.17, 15) is 14.9 Å². The molecule has 1 aliphatic rings. The molecule has 0 radical (unpaired) electrons. The van der Waals surface area contributed by atoms with Gasteiger partial charge in [0.25, 0.3) is 0 Å². The van der Waals surface area contributed by atoms with E-state index in [-0.39, 0.29) is 23.4 Å². The Morgan fingerprint density at radius 3 is 2.77 bits per heavy atom. The van der Waals surface area contributed by atoms with Crippen molar-refractivity contribution in [2.75, 3.05) is 0 Å². The van der Waals surface area contributed by atoms with Crippen LogP contribution in [0.5, 0.6) is 0 Å². The van der Waals surface area contributed by atoms with Crippen molar-refractivity contribution in [3.8, 4) is 6.07 Å². The summed E-state index contributed by atoms with van der Waals surface area (Å²) in [4.78, 5) is 24.6. The van der Waals surface area contributed by atoms with Crippen molar-refractivity contribution in [3.63, 3.8) is 0 Å². The Hall–Kier alpha value is -2.38. The third-order valence-corrected chi connectivity index (χ3v) is 4.11. The van der Waals surface area contributed by atoms with E-state index in [1.807, 2.05) is 24.3 Å². The molecule has 22 heavy (non-hydrogen) atoms. The molecule has 1 fully saturated rings. The van der Waals surface area contributed by atoms with Crippen LogP contribution >= 0.6 is 11.6 Å². The van der Waals surface area contributed by atoms with Crippen LogP contribution < -0.4 is 0 Å². The summed E-state index contributed by atoms with van der Waals surface area (Å²) < 4.78 is 4.99. The first kappa shape index (κ1) is 14.6. The predicted octanol–water partition coefficient (Wildman–Crippen LogP) is 3.63. The molecule has 3 atom stereocenters. The van der Waals surface area contributed by atoms with E-state index in [1.54, 1.807) is 12.1 Å². The van der Waals surface area contributed by atoms with Gasteiger partial charge in [0.05, 0.1) is 12.3 Å². The summed E-state index contributed by atoms with van der Waals surface area (Å²) in [7, 11) is 0. The molecule has 0 bridgehead atoms. The molecule has 0 aliphatic heterocycles. The standard InChI is InChI=1S/C17H12ClNO3/c18-11-4-1-3-10(7-11)12-8-13(12)16(20)14(9-19)17(21)15-5-2-6-22-15/h1-7,12-14H,8H2/t12-,13+,14-/m0/s1. The van der Waals surface area contributed by atoms with Gasteiger partial charge in [-0.05, 0) is 42.2 Å². The summed E-state index contributed by atoms with van der Waals surface area (Å²) in [5.41, 5.74) is 0.966. The second kappa shape index (κ2) is 5.78. The molecule has 0 saturated heterocycles. The summed E-state index contributed by atoms with van der Waals surface area (Å²) in [5.74, 6) is -2.45. The molecule has 0 unspecified atom stereocenters. The van der Waals surface area contributed by atoms with Gasteiger partial charge in [0.15, 0.2) is 17.5 Å². The number of rotatable bonds is 5. The summed E-state index contributed by atoms with van der Waals surface area (Å²) in [6.45, 7) is 0. The number of ketones is 2. The van der Waals surface area contributed by atoms with Gasteiger partial charge in [-0.1, -0.05) is 23.7 Å². The maximum Gasteiger partial charge on any atom is 0.222 e. The van der Waals surface area contributed by atoms with Gasteiger partial charge in [-0.15, -0.1) is 0 Å². The monoisotopic (exact) mass is 313 g/mol. The molecule has 110 valence electrons. The normalized spacial score (nSPS) is 20.9. The van der Waals surface area contributed by atoms with Crippen molar-refractivity contribution >= 4 is 23.2 Å². The van der Waals surface area contributed by atoms with E-state index in [2.05, 4.69) is 0 Å². The van der Waals surface area contributed by atoms with E-state index in [1.165, 1.54) is 12.3 Å². The number of benzene rings is 1. The lowest BCUT2D eigenvalue weighted by Crippen LogP contribution is -2.24. The molecule has 1 aromatic carbocycles. The number of nitrogens with zero attached hydrogens (tertiary/aromatic N) is 1. The highest BCUT2D eigenvalue weighted by Gasteiger charge is 2.48. The van der Waals surface area contributed by atoms with Crippen LogP contribution in [-0.2, 0) is 4.79 Å². The summed E-state index contributed by atoms with van der Waals surface area (Å²) >= 11 is 5.95. The minimum atomic E-state index is -1.31. The fraction of sp³-hybridized carbons (Fsp3) is 0.235. The number of Topliss-reactive ketones (excluding diaryl/α,β-unsaturated/α-hetero) is 2. The molecule has 0 N–H and O–H groups in total. The molecule has 3 rings (SSSR count). The zero-order chi connectivity index (χ0) is 15.7. The van der Waals surface area contributed by atoms with Crippen LogP contribution in [0.4, 0.5) is 0 Å². The van der Waals surface area contributed by atoms with E-state index >= 15 is 0 Å². The molecule has 1 aliphatic carbocycles. The van der Waals surface area contributed by atoms with Gasteiger partial charge < -0.3 is 4.42 Å². The van der Waals surface area contributed by atoms with Crippen molar-refractivity contribution in [2.24, 2.45) is 11.8 Å². The molecule has 5 heteroatoms. The van der Waals surface area contributed by atoms with E-state index < -0.39 is 11.7 Å². The minimum absolute atomic E-state index is 0.0338. The van der Waals surface area contributed by atoms with Crippen molar-refractivity contribution in [1.82, 2.24) is 0 Å². The molecule has 1 saturated carbocycles. The van der Waals surface area contributed by atoms with Crippen LogP contribution in [0.3, 0.4) is 0 Å². The Kier molecular flexibility index (Phi) is 3.82. The summed E-state index contributed by atoms with van der Waals surface area (Å²) in [5, 5.41) is 9.80. The highest BCUT2D eigenvalue weighted by molar-refractivity contribution is 6.30. The predicted molar refractivity (Wildman–Crippen MR) is 79.4 cm³/mol. The van der Waals surface area contributed by atoms with E-state index in [4.69, 9.17) is 16.0 Å². The van der Waals surface area contributed by atoms with Gasteiger partial charge in [-0.2, -0.15) is 5.26 Å². The highest BCUT2D eigenvalue weighted by Crippen LogP contribution is 2.49. The number of halogens is 1. The van der Waals surface area contributed by atoms with Crippen molar-refractivity contribution in [3.05, 3.63) is 59.0 Å². The lowest BCUT2D eigenvalue weighted by Gasteiger charge is -2.05. The summed E-state index contributed by atoms with van der Waals surface area (Å²) in [6.07, 6.45) is 1.99. The molecular weight excluding hydrogens is 302 g/mol. The fourth-order valence-corrected chi connectivity index (χ4v) is 2.84. The molecule has 1 heterocycles. The Balaban J connectivity index is 1.74. The molecule has 0 amide bonds. The molecule has 1 aromatic heterocycles. The fourth-order valence-electron chi connectivity index (χ4n) is 2.64. The Morgan fingerprint density at radius 2 is 2.14 bits per heavy atom. The second-order valence-corrected chi connectivity index (χ2v) is 5.75. The van der Waals surface area contributed by atoms with E-state index in [0.29, 0.717) is 11.4 Å². The number of hydrogen-bond acceptors (Lipinski definition) is 4. The average molecular weight is 314 g/mol. The molecule has 0 spiro atoms. The smallest absolute Gasteiger partial charge is 0.222 e. The first-order chi connectivity index (χ1) is 10.6. The lowest BCUT2D eigenvalue weighted by molar-refractivity contribution is -0.121. The van der Waals surface area contributed by atoms with Crippen molar-refractivity contribution < 1.29 is 14.0 Å². The number of hydrogen-bond donors (Lipinski definition) is 0. The van der Waals surface area contributed by atoms with E-state index in [0.717, 1.165) is 5.56 Å². The first-order valence-corrected chi connectivity index (χ1v) is 7.26. The van der Waals surface area contributed by atoms with Crippen LogP contribution in [0.1, 0.15) is 28.5 Å². The van der Waals surface area contributed by atoms with Gasteiger partial charge in [0.1, 0.15) is 0 Å². The minimum Gasteiger partial charge on any atom is -0.461 e. The number of furan rings is 1. The van der Waals surface area contributed by atoms with Gasteiger partial charge >= 0.3 is 0 Å². The van der Waals surface area contributed by atoms with Crippen LogP contribution in [-0.4, -0.2) is 11.6 Å². The Bertz CT molecular complexity index is 760. The molecule has 4 nitrogen and oxygen atoms in total. The quantitative estimate of drug-likeness (QED) is 0.624. The lowest BCUT2D eigenvalue weighted by atomic mass is 9.94. The SMILES string of the molecule is N#C[C@H](C(=O)c1ccco1)C(=O)[C@@H]1C[C@H]1c1cccc(Cl)c1. The molecular formula is C17H12ClNO3. The summed E-state index contributed by atoms with van der Waals surface area (Å²) in [6, 6.07) is 12.1. The molecule has 2 aromatic rings. The van der Waals surface area contributed by atoms with Crippen LogP contribution in [0, 0.1) is 23.2 Å². The van der Waals surface area contributed by atoms with Gasteiger partial charge in [-0.3, -0.25) is 9.59 Å². The maximum atomic E-state index is 12.4.